The minimum absolute atomic E-state index is 0.0292. The summed E-state index contributed by atoms with van der Waals surface area (Å²) in [5.41, 5.74) is 3.54. The van der Waals surface area contributed by atoms with Crippen LogP contribution in [-0.2, 0) is 4.79 Å². The predicted octanol–water partition coefficient (Wildman–Crippen LogP) is 6.04. The quantitative estimate of drug-likeness (QED) is 0.543. The molecule has 0 fully saturated rings. The van der Waals surface area contributed by atoms with E-state index in [2.05, 4.69) is 50.8 Å². The second-order valence-electron chi connectivity index (χ2n) is 7.15. The zero-order valence-electron chi connectivity index (χ0n) is 16.0. The summed E-state index contributed by atoms with van der Waals surface area (Å²) in [7, 11) is 0. The van der Waals surface area contributed by atoms with Crippen molar-refractivity contribution >= 4 is 11.6 Å². The van der Waals surface area contributed by atoms with Crippen LogP contribution in [0.25, 0.3) is 0 Å². The van der Waals surface area contributed by atoms with Crippen molar-refractivity contribution in [2.45, 2.75) is 86.1 Å². The standard InChI is InChI=1S/C21H35NO/c1-7-9-11-19(12-10-8-2)22(21(23)16(3)4)20-14-17(5)13-18(6)15-20/h13-16,19H,7-12H2,1-6H3. The first-order valence-corrected chi connectivity index (χ1v) is 9.32. The van der Waals surface area contributed by atoms with Crippen molar-refractivity contribution in [2.75, 3.05) is 4.90 Å². The monoisotopic (exact) mass is 317 g/mol. The van der Waals surface area contributed by atoms with Crippen LogP contribution in [0.15, 0.2) is 18.2 Å². The van der Waals surface area contributed by atoms with Crippen LogP contribution in [0.5, 0.6) is 0 Å². The molecule has 0 heterocycles. The molecule has 0 radical (unpaired) electrons. The summed E-state index contributed by atoms with van der Waals surface area (Å²) in [6.45, 7) is 12.7. The molecule has 0 saturated carbocycles. The van der Waals surface area contributed by atoms with Crippen LogP contribution in [0.3, 0.4) is 0 Å². The number of hydrogen-bond donors (Lipinski definition) is 0. The molecule has 0 N–H and O–H groups in total. The first-order valence-electron chi connectivity index (χ1n) is 9.32. The fourth-order valence-electron chi connectivity index (χ4n) is 3.17. The molecule has 0 unspecified atom stereocenters. The Bertz CT molecular complexity index is 464. The summed E-state index contributed by atoms with van der Waals surface area (Å²) in [5, 5.41) is 0. The van der Waals surface area contributed by atoms with Crippen molar-refractivity contribution in [2.24, 2.45) is 5.92 Å². The normalized spacial score (nSPS) is 11.3. The van der Waals surface area contributed by atoms with Gasteiger partial charge < -0.3 is 4.90 Å². The van der Waals surface area contributed by atoms with Gasteiger partial charge in [-0.25, -0.2) is 0 Å². The highest BCUT2D eigenvalue weighted by Gasteiger charge is 2.26. The van der Waals surface area contributed by atoms with Gasteiger partial charge in [0.15, 0.2) is 0 Å². The fraction of sp³-hybridized carbons (Fsp3) is 0.667. The lowest BCUT2D eigenvalue weighted by atomic mass is 9.98. The third-order valence-electron chi connectivity index (χ3n) is 4.36. The van der Waals surface area contributed by atoms with Crippen molar-refractivity contribution in [3.63, 3.8) is 0 Å². The van der Waals surface area contributed by atoms with Crippen molar-refractivity contribution in [1.82, 2.24) is 0 Å². The van der Waals surface area contributed by atoms with Crippen LogP contribution in [0.2, 0.25) is 0 Å². The van der Waals surface area contributed by atoms with E-state index in [1.165, 1.54) is 36.8 Å². The van der Waals surface area contributed by atoms with E-state index in [1.54, 1.807) is 0 Å². The Kier molecular flexibility index (Phi) is 8.36. The van der Waals surface area contributed by atoms with Gasteiger partial charge >= 0.3 is 0 Å². The summed E-state index contributed by atoms with van der Waals surface area (Å²) in [4.78, 5) is 15.1. The molecule has 1 amide bonds. The van der Waals surface area contributed by atoms with Crippen molar-refractivity contribution in [3.05, 3.63) is 29.3 Å². The van der Waals surface area contributed by atoms with Gasteiger partial charge in [0.2, 0.25) is 5.91 Å². The van der Waals surface area contributed by atoms with E-state index in [1.807, 2.05) is 13.8 Å². The maximum absolute atomic E-state index is 13.0. The third-order valence-corrected chi connectivity index (χ3v) is 4.36. The highest BCUT2D eigenvalue weighted by molar-refractivity contribution is 5.95. The molecule has 0 bridgehead atoms. The summed E-state index contributed by atoms with van der Waals surface area (Å²) in [6, 6.07) is 6.83. The molecule has 130 valence electrons. The van der Waals surface area contributed by atoms with E-state index < -0.39 is 0 Å². The van der Waals surface area contributed by atoms with Crippen LogP contribution < -0.4 is 4.90 Å². The third kappa shape index (κ3) is 6.01. The first-order chi connectivity index (χ1) is 10.9. The topological polar surface area (TPSA) is 20.3 Å². The van der Waals surface area contributed by atoms with Crippen LogP contribution in [0.1, 0.15) is 77.3 Å². The van der Waals surface area contributed by atoms with E-state index in [9.17, 15) is 4.79 Å². The molecule has 2 heteroatoms. The molecule has 23 heavy (non-hydrogen) atoms. The van der Waals surface area contributed by atoms with Gasteiger partial charge in [-0.15, -0.1) is 0 Å². The molecule has 0 spiro atoms. The molecule has 0 aliphatic rings. The molecule has 1 aromatic carbocycles. The van der Waals surface area contributed by atoms with Crippen LogP contribution >= 0.6 is 0 Å². The largest absolute Gasteiger partial charge is 0.309 e. The van der Waals surface area contributed by atoms with Gasteiger partial charge in [0.25, 0.3) is 0 Å². The number of benzene rings is 1. The molecule has 0 aromatic heterocycles. The average molecular weight is 318 g/mol. The van der Waals surface area contributed by atoms with Crippen LogP contribution in [0, 0.1) is 19.8 Å². The molecular weight excluding hydrogens is 282 g/mol. The Balaban J connectivity index is 3.21. The van der Waals surface area contributed by atoms with Crippen LogP contribution in [0.4, 0.5) is 5.69 Å². The number of nitrogens with zero attached hydrogens (tertiary/aromatic N) is 1. The lowest BCUT2D eigenvalue weighted by molar-refractivity contribution is -0.122. The Morgan fingerprint density at radius 2 is 1.43 bits per heavy atom. The minimum Gasteiger partial charge on any atom is -0.309 e. The van der Waals surface area contributed by atoms with Crippen molar-refractivity contribution in [1.29, 1.82) is 0 Å². The minimum atomic E-state index is 0.0292. The zero-order valence-corrected chi connectivity index (χ0v) is 16.0. The molecule has 1 rings (SSSR count). The number of anilines is 1. The van der Waals surface area contributed by atoms with E-state index >= 15 is 0 Å². The highest BCUT2D eigenvalue weighted by atomic mass is 16.2. The number of aryl methyl sites for hydroxylation is 2. The molecular formula is C21H35NO. The maximum Gasteiger partial charge on any atom is 0.229 e. The Morgan fingerprint density at radius 3 is 1.83 bits per heavy atom. The summed E-state index contributed by atoms with van der Waals surface area (Å²) in [6.07, 6.45) is 6.92. The number of amides is 1. The SMILES string of the molecule is CCCCC(CCCC)N(C(=O)C(C)C)c1cc(C)cc(C)c1. The second kappa shape index (κ2) is 9.75. The van der Waals surface area contributed by atoms with E-state index in [4.69, 9.17) is 0 Å². The number of unbranched alkanes of at least 4 members (excludes halogenated alkanes) is 2. The molecule has 0 aliphatic heterocycles. The lowest BCUT2D eigenvalue weighted by Crippen LogP contribution is -2.43. The lowest BCUT2D eigenvalue weighted by Gasteiger charge is -2.34. The number of hydrogen-bond acceptors (Lipinski definition) is 1. The van der Waals surface area contributed by atoms with Crippen molar-refractivity contribution < 1.29 is 4.79 Å². The van der Waals surface area contributed by atoms with Crippen LogP contribution in [-0.4, -0.2) is 11.9 Å². The van der Waals surface area contributed by atoms with E-state index in [0.717, 1.165) is 18.5 Å². The molecule has 2 nitrogen and oxygen atoms in total. The fourth-order valence-corrected chi connectivity index (χ4v) is 3.17. The average Bonchev–Trinajstić information content (AvgIpc) is 2.48. The van der Waals surface area contributed by atoms with Gasteiger partial charge in [0, 0.05) is 17.6 Å². The summed E-state index contributed by atoms with van der Waals surface area (Å²) in [5.74, 6) is 0.286. The highest BCUT2D eigenvalue weighted by Crippen LogP contribution is 2.27. The smallest absolute Gasteiger partial charge is 0.229 e. The second-order valence-corrected chi connectivity index (χ2v) is 7.15. The number of rotatable bonds is 9. The van der Waals surface area contributed by atoms with Gasteiger partial charge in [-0.3, -0.25) is 4.79 Å². The number of carbonyl (C=O) groups is 1. The van der Waals surface area contributed by atoms with Gasteiger partial charge in [-0.1, -0.05) is 59.4 Å². The molecule has 0 saturated heterocycles. The van der Waals surface area contributed by atoms with Crippen molar-refractivity contribution in [3.8, 4) is 0 Å². The first kappa shape index (κ1) is 19.7. The van der Waals surface area contributed by atoms with Gasteiger partial charge in [-0.05, 0) is 49.9 Å². The predicted molar refractivity (Wildman–Crippen MR) is 101 cm³/mol. The van der Waals surface area contributed by atoms with Gasteiger partial charge in [-0.2, -0.15) is 0 Å². The van der Waals surface area contributed by atoms with E-state index in [-0.39, 0.29) is 11.8 Å². The summed E-state index contributed by atoms with van der Waals surface area (Å²) < 4.78 is 0. The Morgan fingerprint density at radius 1 is 0.957 bits per heavy atom. The summed E-state index contributed by atoms with van der Waals surface area (Å²) >= 11 is 0. The Hall–Kier alpha value is -1.31. The van der Waals surface area contributed by atoms with Gasteiger partial charge in [0.1, 0.15) is 0 Å². The number of carbonyl (C=O) groups excluding carboxylic acids is 1. The van der Waals surface area contributed by atoms with Gasteiger partial charge in [0.05, 0.1) is 0 Å². The zero-order chi connectivity index (χ0) is 17.4. The molecule has 0 aliphatic carbocycles. The maximum atomic E-state index is 13.0. The van der Waals surface area contributed by atoms with E-state index in [0.29, 0.717) is 6.04 Å². The molecule has 1 aromatic rings. The molecule has 0 atom stereocenters. The Labute approximate surface area is 143 Å².